The zero-order valence-corrected chi connectivity index (χ0v) is 15.0. The van der Waals surface area contributed by atoms with E-state index in [1.54, 1.807) is 13.2 Å². The van der Waals surface area contributed by atoms with Gasteiger partial charge in [-0.1, -0.05) is 15.9 Å². The van der Waals surface area contributed by atoms with E-state index in [0.717, 1.165) is 10.0 Å². The molecule has 1 N–H and O–H groups in total. The van der Waals surface area contributed by atoms with Crippen LogP contribution in [0.25, 0.3) is 6.08 Å². The van der Waals surface area contributed by atoms with Gasteiger partial charge in [-0.25, -0.2) is 0 Å². The molecule has 7 heteroatoms. The van der Waals surface area contributed by atoms with Gasteiger partial charge in [0.25, 0.3) is 5.91 Å². The lowest BCUT2D eigenvalue weighted by Gasteiger charge is -2.12. The van der Waals surface area contributed by atoms with Crippen LogP contribution in [0.3, 0.4) is 0 Å². The van der Waals surface area contributed by atoms with E-state index in [1.165, 1.54) is 4.90 Å². The standard InChI is InChI=1S/C15H17BrN2O3S/c1-4-18-14(19)11(17-15(18)22)6-9-7-13(21-5-2)12(20-3)8-10(9)16/h6-8H,4-5H2,1-3H3,(H,17,22)/b11-6-. The van der Waals surface area contributed by atoms with Crippen LogP contribution in [0, 0.1) is 0 Å². The van der Waals surface area contributed by atoms with Crippen LogP contribution in [0.1, 0.15) is 19.4 Å². The fourth-order valence-corrected chi connectivity index (χ4v) is 2.86. The smallest absolute Gasteiger partial charge is 0.276 e. The number of carbonyl (C=O) groups is 1. The third-order valence-electron chi connectivity index (χ3n) is 3.16. The van der Waals surface area contributed by atoms with Crippen molar-refractivity contribution >= 4 is 45.2 Å². The molecule has 1 aromatic rings. The summed E-state index contributed by atoms with van der Waals surface area (Å²) in [6, 6.07) is 3.64. The minimum atomic E-state index is -0.131. The van der Waals surface area contributed by atoms with Crippen LogP contribution in [0.2, 0.25) is 0 Å². The first-order valence-electron chi connectivity index (χ1n) is 6.86. The lowest BCUT2D eigenvalue weighted by atomic mass is 10.1. The Morgan fingerprint density at radius 2 is 2.09 bits per heavy atom. The number of methoxy groups -OCH3 is 1. The van der Waals surface area contributed by atoms with Gasteiger partial charge in [-0.2, -0.15) is 0 Å². The average molecular weight is 385 g/mol. The Balaban J connectivity index is 2.41. The molecule has 0 unspecified atom stereocenters. The van der Waals surface area contributed by atoms with E-state index in [2.05, 4.69) is 21.2 Å². The average Bonchev–Trinajstić information content (AvgIpc) is 2.76. The number of halogens is 1. The first-order chi connectivity index (χ1) is 10.5. The van der Waals surface area contributed by atoms with Crippen molar-refractivity contribution in [3.05, 3.63) is 27.9 Å². The number of ether oxygens (including phenoxy) is 2. The van der Waals surface area contributed by atoms with Crippen LogP contribution in [0.15, 0.2) is 22.3 Å². The van der Waals surface area contributed by atoms with Crippen LogP contribution < -0.4 is 14.8 Å². The normalized spacial score (nSPS) is 16.2. The van der Waals surface area contributed by atoms with E-state index in [0.29, 0.717) is 35.5 Å². The molecule has 1 heterocycles. The molecule has 1 aliphatic heterocycles. The quantitative estimate of drug-likeness (QED) is 0.624. The van der Waals surface area contributed by atoms with Gasteiger partial charge >= 0.3 is 0 Å². The highest BCUT2D eigenvalue weighted by atomic mass is 79.9. The van der Waals surface area contributed by atoms with E-state index >= 15 is 0 Å². The molecule has 0 saturated carbocycles. The predicted molar refractivity (Wildman–Crippen MR) is 93.0 cm³/mol. The molecule has 0 spiro atoms. The van der Waals surface area contributed by atoms with E-state index in [9.17, 15) is 4.79 Å². The number of likely N-dealkylation sites (N-methyl/N-ethyl adjacent to an activating group) is 1. The predicted octanol–water partition coefficient (Wildman–Crippen LogP) is 2.93. The Hall–Kier alpha value is -1.60. The number of nitrogens with zero attached hydrogens (tertiary/aromatic N) is 1. The lowest BCUT2D eigenvalue weighted by Crippen LogP contribution is -2.30. The van der Waals surface area contributed by atoms with Gasteiger partial charge in [0.05, 0.1) is 13.7 Å². The van der Waals surface area contributed by atoms with Crippen molar-refractivity contribution in [2.24, 2.45) is 0 Å². The molecule has 118 valence electrons. The highest BCUT2D eigenvalue weighted by Gasteiger charge is 2.29. The summed E-state index contributed by atoms with van der Waals surface area (Å²) in [5.41, 5.74) is 1.25. The van der Waals surface area contributed by atoms with Gasteiger partial charge in [0, 0.05) is 11.0 Å². The summed E-state index contributed by atoms with van der Waals surface area (Å²) in [6.45, 7) is 4.85. The second kappa shape index (κ2) is 7.11. The molecular formula is C15H17BrN2O3S. The summed E-state index contributed by atoms with van der Waals surface area (Å²) in [5.74, 6) is 1.13. The minimum absolute atomic E-state index is 0.131. The number of hydrogen-bond acceptors (Lipinski definition) is 4. The molecule has 1 aromatic carbocycles. The van der Waals surface area contributed by atoms with Gasteiger partial charge in [0.1, 0.15) is 5.70 Å². The molecule has 1 amide bonds. The number of nitrogens with one attached hydrogen (secondary N) is 1. The van der Waals surface area contributed by atoms with Crippen molar-refractivity contribution in [2.45, 2.75) is 13.8 Å². The van der Waals surface area contributed by atoms with E-state index in [4.69, 9.17) is 21.7 Å². The number of hydrogen-bond donors (Lipinski definition) is 1. The number of thiocarbonyl (C=S) groups is 1. The van der Waals surface area contributed by atoms with Crippen molar-refractivity contribution in [2.75, 3.05) is 20.3 Å². The molecule has 5 nitrogen and oxygen atoms in total. The van der Waals surface area contributed by atoms with Crippen LogP contribution in [0.5, 0.6) is 11.5 Å². The topological polar surface area (TPSA) is 50.8 Å². The third-order valence-corrected chi connectivity index (χ3v) is 4.17. The first kappa shape index (κ1) is 16.8. The lowest BCUT2D eigenvalue weighted by molar-refractivity contribution is -0.122. The summed E-state index contributed by atoms with van der Waals surface area (Å²) in [7, 11) is 1.59. The number of carbonyl (C=O) groups excluding carboxylic acids is 1. The second-order valence-electron chi connectivity index (χ2n) is 4.50. The van der Waals surface area contributed by atoms with Crippen molar-refractivity contribution in [3.63, 3.8) is 0 Å². The largest absolute Gasteiger partial charge is 0.493 e. The van der Waals surface area contributed by atoms with Crippen molar-refractivity contribution in [1.29, 1.82) is 0 Å². The van der Waals surface area contributed by atoms with Gasteiger partial charge in [0.2, 0.25) is 0 Å². The number of rotatable bonds is 5. The third kappa shape index (κ3) is 3.25. The molecule has 0 atom stereocenters. The first-order valence-corrected chi connectivity index (χ1v) is 8.06. The molecular weight excluding hydrogens is 368 g/mol. The van der Waals surface area contributed by atoms with E-state index in [-0.39, 0.29) is 5.91 Å². The fourth-order valence-electron chi connectivity index (χ4n) is 2.10. The van der Waals surface area contributed by atoms with Crippen LogP contribution in [-0.2, 0) is 4.79 Å². The molecule has 0 aromatic heterocycles. The molecule has 0 bridgehead atoms. The van der Waals surface area contributed by atoms with Gasteiger partial charge in [-0.15, -0.1) is 0 Å². The minimum Gasteiger partial charge on any atom is -0.493 e. The molecule has 1 aliphatic rings. The van der Waals surface area contributed by atoms with Crippen molar-refractivity contribution in [3.8, 4) is 11.5 Å². The molecule has 22 heavy (non-hydrogen) atoms. The van der Waals surface area contributed by atoms with Gasteiger partial charge in [0.15, 0.2) is 16.6 Å². The summed E-state index contributed by atoms with van der Waals surface area (Å²) in [6.07, 6.45) is 1.75. The second-order valence-corrected chi connectivity index (χ2v) is 5.74. The Morgan fingerprint density at radius 1 is 1.36 bits per heavy atom. The van der Waals surface area contributed by atoms with Crippen molar-refractivity contribution < 1.29 is 14.3 Å². The highest BCUT2D eigenvalue weighted by Crippen LogP contribution is 2.34. The summed E-state index contributed by atoms with van der Waals surface area (Å²) in [4.78, 5) is 13.7. The van der Waals surface area contributed by atoms with Crippen molar-refractivity contribution in [1.82, 2.24) is 10.2 Å². The molecule has 1 saturated heterocycles. The maximum absolute atomic E-state index is 12.2. The number of benzene rings is 1. The zero-order chi connectivity index (χ0) is 16.3. The Morgan fingerprint density at radius 3 is 2.64 bits per heavy atom. The van der Waals surface area contributed by atoms with E-state index in [1.807, 2.05) is 26.0 Å². The number of amides is 1. The zero-order valence-electron chi connectivity index (χ0n) is 12.6. The van der Waals surface area contributed by atoms with Crippen LogP contribution in [-0.4, -0.2) is 36.2 Å². The molecule has 0 radical (unpaired) electrons. The summed E-state index contributed by atoms with van der Waals surface area (Å²) in [5, 5.41) is 3.36. The van der Waals surface area contributed by atoms with Gasteiger partial charge in [-0.3, -0.25) is 9.69 Å². The Labute approximate surface area is 143 Å². The summed E-state index contributed by atoms with van der Waals surface area (Å²) < 4.78 is 11.7. The SMILES string of the molecule is CCOc1cc(/C=C2\NC(=S)N(CC)C2=O)c(Br)cc1OC. The van der Waals surface area contributed by atoms with E-state index < -0.39 is 0 Å². The maximum Gasteiger partial charge on any atom is 0.276 e. The monoisotopic (exact) mass is 384 g/mol. The molecule has 0 aliphatic carbocycles. The van der Waals surface area contributed by atoms with Crippen LogP contribution in [0.4, 0.5) is 0 Å². The van der Waals surface area contributed by atoms with Crippen LogP contribution >= 0.6 is 28.1 Å². The molecule has 1 fully saturated rings. The fraction of sp³-hybridized carbons (Fsp3) is 0.333. The van der Waals surface area contributed by atoms with Gasteiger partial charge in [-0.05, 0) is 49.8 Å². The summed E-state index contributed by atoms with van der Waals surface area (Å²) >= 11 is 8.63. The highest BCUT2D eigenvalue weighted by molar-refractivity contribution is 9.10. The molecule has 2 rings (SSSR count). The Bertz CT molecular complexity index is 646. The van der Waals surface area contributed by atoms with Gasteiger partial charge < -0.3 is 14.8 Å². The maximum atomic E-state index is 12.2. The Kier molecular flexibility index (Phi) is 5.42.